The molecule has 1 fully saturated rings. The SMILES string of the molecule is Cc1sc2cc(Oc3ccnc4cc(C(=O)N5CC(O)C5)sc34)ccc2c1C(=O)OC(N)=O. The van der Waals surface area contributed by atoms with Crippen LogP contribution in [-0.4, -0.2) is 52.2 Å². The van der Waals surface area contributed by atoms with Gasteiger partial charge in [0.15, 0.2) is 0 Å². The topological polar surface area (TPSA) is 132 Å². The number of likely N-dealkylation sites (tertiary alicyclic amines) is 1. The standard InChI is InChI=1S/C22H17N3O6S2/c1-10-18(21(28)31-22(23)29)13-3-2-12(6-16(13)32-10)30-15-4-5-24-14-7-17(33-19(14)15)20(27)25-8-11(26)9-25/h2-7,11,26H,8-9H2,1H3,(H2,23,29). The summed E-state index contributed by atoms with van der Waals surface area (Å²) in [5.41, 5.74) is 5.91. The molecule has 0 bridgehead atoms. The molecule has 2 amide bonds. The fourth-order valence-corrected chi connectivity index (χ4v) is 5.78. The first-order valence-corrected chi connectivity index (χ1v) is 11.5. The number of benzene rings is 1. The normalized spacial score (nSPS) is 13.8. The molecule has 0 atom stereocenters. The zero-order chi connectivity index (χ0) is 23.3. The van der Waals surface area contributed by atoms with Crippen LogP contribution in [0.4, 0.5) is 4.79 Å². The van der Waals surface area contributed by atoms with Gasteiger partial charge in [-0.2, -0.15) is 0 Å². The van der Waals surface area contributed by atoms with Crippen molar-refractivity contribution in [2.24, 2.45) is 5.73 Å². The van der Waals surface area contributed by atoms with Gasteiger partial charge in [-0.3, -0.25) is 9.78 Å². The molecule has 0 unspecified atom stereocenters. The number of fused-ring (bicyclic) bond motifs is 2. The summed E-state index contributed by atoms with van der Waals surface area (Å²) >= 11 is 2.66. The van der Waals surface area contributed by atoms with Crippen molar-refractivity contribution in [2.45, 2.75) is 13.0 Å². The molecular formula is C22H17N3O6S2. The minimum atomic E-state index is -1.15. The highest BCUT2D eigenvalue weighted by atomic mass is 32.1. The molecule has 3 N–H and O–H groups in total. The molecule has 33 heavy (non-hydrogen) atoms. The lowest BCUT2D eigenvalue weighted by Gasteiger charge is -2.35. The quantitative estimate of drug-likeness (QED) is 0.334. The molecule has 168 valence electrons. The molecule has 0 spiro atoms. The Hall–Kier alpha value is -3.54. The predicted molar refractivity (Wildman–Crippen MR) is 123 cm³/mol. The molecule has 1 aliphatic heterocycles. The van der Waals surface area contributed by atoms with Crippen molar-refractivity contribution < 1.29 is 29.0 Å². The van der Waals surface area contributed by atoms with E-state index in [0.29, 0.717) is 50.8 Å². The minimum absolute atomic E-state index is 0.139. The number of carbonyl (C=O) groups excluding carboxylic acids is 3. The number of hydrogen-bond acceptors (Lipinski definition) is 9. The van der Waals surface area contributed by atoms with Gasteiger partial charge in [0, 0.05) is 40.3 Å². The summed E-state index contributed by atoms with van der Waals surface area (Å²) in [5, 5.41) is 10.1. The molecule has 1 aromatic carbocycles. The number of nitrogens with zero attached hydrogens (tertiary/aromatic N) is 2. The molecule has 3 aromatic heterocycles. The van der Waals surface area contributed by atoms with Gasteiger partial charge in [-0.05, 0) is 31.2 Å². The monoisotopic (exact) mass is 483 g/mol. The van der Waals surface area contributed by atoms with Gasteiger partial charge in [-0.1, -0.05) is 0 Å². The minimum Gasteiger partial charge on any atom is -0.456 e. The van der Waals surface area contributed by atoms with Crippen LogP contribution < -0.4 is 10.5 Å². The Kier molecular flexibility index (Phi) is 5.23. The summed E-state index contributed by atoms with van der Waals surface area (Å²) in [6.45, 7) is 2.43. The first kappa shape index (κ1) is 21.3. The van der Waals surface area contributed by atoms with E-state index in [1.807, 2.05) is 0 Å². The summed E-state index contributed by atoms with van der Waals surface area (Å²) in [6, 6.07) is 8.68. The number of β-amino-alcohol motifs (C(OH)–C–C–N with tert-alkyl or cyclic N) is 1. The molecule has 11 heteroatoms. The van der Waals surface area contributed by atoms with Crippen molar-refractivity contribution in [3.05, 3.63) is 51.8 Å². The second kappa shape index (κ2) is 8.10. The van der Waals surface area contributed by atoms with Gasteiger partial charge >= 0.3 is 12.1 Å². The Morgan fingerprint density at radius 2 is 1.97 bits per heavy atom. The lowest BCUT2D eigenvalue weighted by atomic mass is 10.1. The van der Waals surface area contributed by atoms with Crippen LogP contribution in [-0.2, 0) is 4.74 Å². The maximum atomic E-state index is 12.6. The lowest BCUT2D eigenvalue weighted by Crippen LogP contribution is -2.53. The van der Waals surface area contributed by atoms with Crippen molar-refractivity contribution >= 4 is 60.9 Å². The molecule has 9 nitrogen and oxygen atoms in total. The van der Waals surface area contributed by atoms with Crippen LogP contribution in [0.3, 0.4) is 0 Å². The number of aromatic nitrogens is 1. The Morgan fingerprint density at radius 3 is 2.70 bits per heavy atom. The van der Waals surface area contributed by atoms with Gasteiger partial charge in [0.05, 0.1) is 26.8 Å². The number of amides is 2. The number of ether oxygens (including phenoxy) is 2. The first-order valence-electron chi connectivity index (χ1n) is 9.88. The van der Waals surface area contributed by atoms with Crippen LogP contribution in [0.2, 0.25) is 0 Å². The summed E-state index contributed by atoms with van der Waals surface area (Å²) in [6.07, 6.45) is -0.00792. The predicted octanol–water partition coefficient (Wildman–Crippen LogP) is 3.66. The summed E-state index contributed by atoms with van der Waals surface area (Å²) in [5.74, 6) is 0.160. The van der Waals surface area contributed by atoms with E-state index in [2.05, 4.69) is 9.72 Å². The number of thiophene rings is 2. The van der Waals surface area contributed by atoms with Crippen LogP contribution in [0, 0.1) is 6.92 Å². The zero-order valence-corrected chi connectivity index (χ0v) is 18.9. The molecule has 1 aliphatic rings. The molecule has 0 aliphatic carbocycles. The third-order valence-electron chi connectivity index (χ3n) is 5.20. The highest BCUT2D eigenvalue weighted by molar-refractivity contribution is 7.21. The fourth-order valence-electron chi connectivity index (χ4n) is 3.66. The second-order valence-electron chi connectivity index (χ2n) is 7.50. The van der Waals surface area contributed by atoms with E-state index in [4.69, 9.17) is 10.5 Å². The number of aliphatic hydroxyl groups excluding tert-OH is 1. The third kappa shape index (κ3) is 3.90. The summed E-state index contributed by atoms with van der Waals surface area (Å²) < 4.78 is 12.2. The molecule has 0 radical (unpaired) electrons. The van der Waals surface area contributed by atoms with E-state index in [1.165, 1.54) is 22.7 Å². The van der Waals surface area contributed by atoms with Crippen molar-refractivity contribution in [1.82, 2.24) is 9.88 Å². The number of nitrogens with two attached hydrogens (primary N) is 1. The van der Waals surface area contributed by atoms with Gasteiger partial charge < -0.3 is 25.2 Å². The lowest BCUT2D eigenvalue weighted by molar-refractivity contribution is 0.00623. The number of aliphatic hydroxyl groups is 1. The van der Waals surface area contributed by atoms with Crippen LogP contribution >= 0.6 is 22.7 Å². The molecule has 5 rings (SSSR count). The van der Waals surface area contributed by atoms with Gasteiger partial charge in [0.1, 0.15) is 11.5 Å². The summed E-state index contributed by atoms with van der Waals surface area (Å²) in [4.78, 5) is 42.9. The fraction of sp³-hybridized carbons (Fsp3) is 0.182. The number of esters is 1. The number of primary amides is 1. The van der Waals surface area contributed by atoms with E-state index in [-0.39, 0.29) is 5.91 Å². The molecular weight excluding hydrogens is 466 g/mol. The van der Waals surface area contributed by atoms with Gasteiger partial charge in [0.2, 0.25) is 0 Å². The van der Waals surface area contributed by atoms with Gasteiger partial charge in [-0.15, -0.1) is 22.7 Å². The highest BCUT2D eigenvalue weighted by Gasteiger charge is 2.30. The molecule has 4 aromatic rings. The Labute approximate surface area is 195 Å². The Morgan fingerprint density at radius 1 is 1.18 bits per heavy atom. The number of pyridine rings is 1. The van der Waals surface area contributed by atoms with E-state index in [9.17, 15) is 19.5 Å². The van der Waals surface area contributed by atoms with E-state index < -0.39 is 18.2 Å². The molecule has 1 saturated heterocycles. The van der Waals surface area contributed by atoms with Crippen molar-refractivity contribution in [3.8, 4) is 11.5 Å². The zero-order valence-electron chi connectivity index (χ0n) is 17.2. The average molecular weight is 484 g/mol. The van der Waals surface area contributed by atoms with Crippen LogP contribution in [0.15, 0.2) is 36.5 Å². The van der Waals surface area contributed by atoms with Gasteiger partial charge in [0.25, 0.3) is 5.91 Å². The average Bonchev–Trinajstić information content (AvgIpc) is 3.31. The number of rotatable bonds is 4. The second-order valence-corrected chi connectivity index (χ2v) is 9.81. The summed E-state index contributed by atoms with van der Waals surface area (Å²) in [7, 11) is 0. The maximum absolute atomic E-state index is 12.6. The first-order chi connectivity index (χ1) is 15.8. The van der Waals surface area contributed by atoms with E-state index in [0.717, 1.165) is 9.40 Å². The highest BCUT2D eigenvalue weighted by Crippen LogP contribution is 2.38. The van der Waals surface area contributed by atoms with E-state index >= 15 is 0 Å². The molecule has 0 saturated carbocycles. The number of hydrogen-bond donors (Lipinski definition) is 2. The molecule has 4 heterocycles. The third-order valence-corrected chi connectivity index (χ3v) is 7.39. The van der Waals surface area contributed by atoms with Crippen molar-refractivity contribution in [1.29, 1.82) is 0 Å². The Bertz CT molecular complexity index is 1440. The largest absolute Gasteiger partial charge is 0.456 e. The Balaban J connectivity index is 1.44. The van der Waals surface area contributed by atoms with Crippen LogP contribution in [0.5, 0.6) is 11.5 Å². The van der Waals surface area contributed by atoms with Crippen LogP contribution in [0.1, 0.15) is 24.9 Å². The van der Waals surface area contributed by atoms with Crippen LogP contribution in [0.25, 0.3) is 20.3 Å². The number of carbonyl (C=O) groups is 3. The number of aryl methyl sites for hydroxylation is 1. The van der Waals surface area contributed by atoms with Crippen molar-refractivity contribution in [3.63, 3.8) is 0 Å². The van der Waals surface area contributed by atoms with Gasteiger partial charge in [-0.25, -0.2) is 9.59 Å². The smallest absolute Gasteiger partial charge is 0.412 e. The maximum Gasteiger partial charge on any atom is 0.412 e. The van der Waals surface area contributed by atoms with Crippen molar-refractivity contribution in [2.75, 3.05) is 13.1 Å². The van der Waals surface area contributed by atoms with E-state index in [1.54, 1.807) is 48.4 Å².